The molecule has 1 aromatic heterocycles. The third-order valence-electron chi connectivity index (χ3n) is 4.25. The molecule has 0 atom stereocenters. The summed E-state index contributed by atoms with van der Waals surface area (Å²) in [4.78, 5) is 16.0. The van der Waals surface area contributed by atoms with E-state index < -0.39 is 0 Å². The summed E-state index contributed by atoms with van der Waals surface area (Å²) in [5, 5.41) is 11.6. The van der Waals surface area contributed by atoms with Gasteiger partial charge in [-0.05, 0) is 30.6 Å². The summed E-state index contributed by atoms with van der Waals surface area (Å²) in [6.07, 6.45) is 3.58. The molecule has 0 radical (unpaired) electrons. The van der Waals surface area contributed by atoms with Crippen LogP contribution in [0.25, 0.3) is 0 Å². The highest BCUT2D eigenvalue weighted by atomic mass is 16.6. The summed E-state index contributed by atoms with van der Waals surface area (Å²) in [6, 6.07) is 0. The van der Waals surface area contributed by atoms with Crippen LogP contribution in [0.1, 0.15) is 76.7 Å². The van der Waals surface area contributed by atoms with Gasteiger partial charge in [-0.3, -0.25) is 0 Å². The van der Waals surface area contributed by atoms with Crippen molar-refractivity contribution in [3.63, 3.8) is 0 Å². The molecule has 0 unspecified atom stereocenters. The number of nitro groups is 1. The van der Waals surface area contributed by atoms with Gasteiger partial charge in [0.25, 0.3) is 0 Å². The van der Waals surface area contributed by atoms with Gasteiger partial charge in [0, 0.05) is 18.4 Å². The second-order valence-electron chi connectivity index (χ2n) is 5.40. The first-order chi connectivity index (χ1) is 10.0. The van der Waals surface area contributed by atoms with Crippen LogP contribution in [0.4, 0.5) is 5.82 Å². The van der Waals surface area contributed by atoms with E-state index in [1.807, 2.05) is 0 Å². The lowest BCUT2D eigenvalue weighted by atomic mass is 9.99. The molecule has 0 aliphatic heterocycles. The summed E-state index contributed by atoms with van der Waals surface area (Å²) in [5.74, 6) is 1.37. The van der Waals surface area contributed by atoms with Crippen molar-refractivity contribution < 1.29 is 4.92 Å². The summed E-state index contributed by atoms with van der Waals surface area (Å²) < 4.78 is 1.74. The minimum Gasteiger partial charge on any atom is -0.358 e. The Morgan fingerprint density at radius 2 is 1.67 bits per heavy atom. The van der Waals surface area contributed by atoms with Crippen molar-refractivity contribution in [2.75, 3.05) is 6.54 Å². The third kappa shape index (κ3) is 3.61. The van der Waals surface area contributed by atoms with Gasteiger partial charge < -0.3 is 15.8 Å². The van der Waals surface area contributed by atoms with Crippen LogP contribution in [0.5, 0.6) is 0 Å². The Balaban J connectivity index is 3.50. The van der Waals surface area contributed by atoms with Crippen molar-refractivity contribution in [2.45, 2.75) is 71.8 Å². The van der Waals surface area contributed by atoms with Gasteiger partial charge in [-0.1, -0.05) is 27.7 Å². The van der Waals surface area contributed by atoms with Crippen LogP contribution >= 0.6 is 0 Å². The molecule has 1 heterocycles. The minimum atomic E-state index is -0.289. The lowest BCUT2D eigenvalue weighted by molar-refractivity contribution is -0.393. The number of rotatable bonds is 9. The third-order valence-corrected chi connectivity index (χ3v) is 4.25. The number of aromatic nitrogens is 2. The highest BCUT2D eigenvalue weighted by molar-refractivity contribution is 5.35. The fourth-order valence-electron chi connectivity index (χ4n) is 2.94. The second kappa shape index (κ2) is 8.12. The maximum absolute atomic E-state index is 11.6. The molecule has 6 heteroatoms. The van der Waals surface area contributed by atoms with Crippen molar-refractivity contribution in [3.8, 4) is 0 Å². The molecule has 21 heavy (non-hydrogen) atoms. The van der Waals surface area contributed by atoms with Gasteiger partial charge in [-0.2, -0.15) is 0 Å². The Labute approximate surface area is 126 Å². The molecule has 0 saturated carbocycles. The Kier molecular flexibility index (Phi) is 6.81. The Bertz CT molecular complexity index is 462. The first-order valence-electron chi connectivity index (χ1n) is 8.00. The van der Waals surface area contributed by atoms with Gasteiger partial charge in [-0.25, -0.2) is 9.55 Å². The van der Waals surface area contributed by atoms with Crippen LogP contribution in [0.15, 0.2) is 0 Å². The first-order valence-corrected chi connectivity index (χ1v) is 8.00. The lowest BCUT2D eigenvalue weighted by Gasteiger charge is -2.10. The number of hydrogen-bond acceptors (Lipinski definition) is 4. The van der Waals surface area contributed by atoms with E-state index in [-0.39, 0.29) is 22.6 Å². The number of imidazole rings is 1. The van der Waals surface area contributed by atoms with Crippen LogP contribution in [0.3, 0.4) is 0 Å². The van der Waals surface area contributed by atoms with Crippen molar-refractivity contribution in [2.24, 2.45) is 5.73 Å². The number of nitrogens with zero attached hydrogens (tertiary/aromatic N) is 3. The molecule has 0 bridgehead atoms. The monoisotopic (exact) mass is 296 g/mol. The lowest BCUT2D eigenvalue weighted by Crippen LogP contribution is -2.16. The molecule has 0 saturated heterocycles. The van der Waals surface area contributed by atoms with E-state index in [9.17, 15) is 10.1 Å². The van der Waals surface area contributed by atoms with Crippen LogP contribution in [0, 0.1) is 10.1 Å². The molecule has 1 aromatic rings. The van der Waals surface area contributed by atoms with E-state index >= 15 is 0 Å². The van der Waals surface area contributed by atoms with E-state index in [1.54, 1.807) is 4.57 Å². The average Bonchev–Trinajstić information content (AvgIpc) is 2.82. The molecule has 1 rings (SSSR count). The predicted molar refractivity (Wildman–Crippen MR) is 84.6 cm³/mol. The molecular formula is C15H28N4O2. The molecule has 0 spiro atoms. The summed E-state index contributed by atoms with van der Waals surface area (Å²) >= 11 is 0. The van der Waals surface area contributed by atoms with Gasteiger partial charge in [0.15, 0.2) is 5.82 Å². The van der Waals surface area contributed by atoms with Crippen molar-refractivity contribution >= 4 is 5.82 Å². The van der Waals surface area contributed by atoms with Gasteiger partial charge in [0.2, 0.25) is 0 Å². The molecule has 0 aromatic carbocycles. The number of hydrogen-bond donors (Lipinski definition) is 1. The maximum atomic E-state index is 11.6. The van der Waals surface area contributed by atoms with Crippen LogP contribution < -0.4 is 5.73 Å². The number of nitrogens with two attached hydrogens (primary N) is 1. The standard InChI is InChI=1S/C15H28N4O2/c1-5-11(6-2)13-15(19(20)21)18(10-9-16)14(17-13)12(7-3)8-4/h11-12H,5-10,16H2,1-4H3. The quantitative estimate of drug-likeness (QED) is 0.557. The van der Waals surface area contributed by atoms with E-state index in [1.165, 1.54) is 0 Å². The Hall–Kier alpha value is -1.43. The topological polar surface area (TPSA) is 87.0 Å². The summed E-state index contributed by atoms with van der Waals surface area (Å²) in [6.45, 7) is 9.13. The minimum absolute atomic E-state index is 0.137. The van der Waals surface area contributed by atoms with E-state index in [4.69, 9.17) is 10.7 Å². The SMILES string of the molecule is CCC(CC)c1nc(C(CC)CC)n(CCN)c1[N+](=O)[O-]. The molecule has 0 fully saturated rings. The van der Waals surface area contributed by atoms with Crippen molar-refractivity contribution in [1.29, 1.82) is 0 Å². The molecule has 0 aliphatic rings. The van der Waals surface area contributed by atoms with E-state index in [0.717, 1.165) is 31.5 Å². The molecular weight excluding hydrogens is 268 g/mol. The zero-order valence-electron chi connectivity index (χ0n) is 13.6. The first kappa shape index (κ1) is 17.6. The zero-order valence-corrected chi connectivity index (χ0v) is 13.6. The smallest absolute Gasteiger partial charge is 0.346 e. The molecule has 120 valence electrons. The summed E-state index contributed by atoms with van der Waals surface area (Å²) in [7, 11) is 0. The molecule has 2 N–H and O–H groups in total. The highest BCUT2D eigenvalue weighted by Crippen LogP contribution is 2.35. The second-order valence-corrected chi connectivity index (χ2v) is 5.40. The van der Waals surface area contributed by atoms with Gasteiger partial charge in [-0.15, -0.1) is 0 Å². The molecule has 6 nitrogen and oxygen atoms in total. The van der Waals surface area contributed by atoms with Gasteiger partial charge >= 0.3 is 5.82 Å². The van der Waals surface area contributed by atoms with Crippen LogP contribution in [-0.2, 0) is 6.54 Å². The zero-order chi connectivity index (χ0) is 16.0. The van der Waals surface area contributed by atoms with Crippen molar-refractivity contribution in [1.82, 2.24) is 9.55 Å². The van der Waals surface area contributed by atoms with E-state index in [2.05, 4.69) is 27.7 Å². The molecule has 0 amide bonds. The van der Waals surface area contributed by atoms with E-state index in [0.29, 0.717) is 18.8 Å². The summed E-state index contributed by atoms with van der Waals surface area (Å²) in [5.41, 5.74) is 6.30. The van der Waals surface area contributed by atoms with Crippen LogP contribution in [0.2, 0.25) is 0 Å². The van der Waals surface area contributed by atoms with Crippen LogP contribution in [-0.4, -0.2) is 21.0 Å². The predicted octanol–water partition coefficient (Wildman–Crippen LogP) is 3.56. The van der Waals surface area contributed by atoms with Crippen molar-refractivity contribution in [3.05, 3.63) is 21.6 Å². The maximum Gasteiger partial charge on any atom is 0.346 e. The average molecular weight is 296 g/mol. The Morgan fingerprint density at radius 3 is 2.05 bits per heavy atom. The Morgan fingerprint density at radius 1 is 1.14 bits per heavy atom. The fraction of sp³-hybridized carbons (Fsp3) is 0.800. The highest BCUT2D eigenvalue weighted by Gasteiger charge is 2.32. The fourth-order valence-corrected chi connectivity index (χ4v) is 2.94. The normalized spacial score (nSPS) is 11.6. The van der Waals surface area contributed by atoms with Gasteiger partial charge in [0.05, 0.1) is 0 Å². The largest absolute Gasteiger partial charge is 0.358 e. The van der Waals surface area contributed by atoms with Gasteiger partial charge in [0.1, 0.15) is 12.2 Å². The molecule has 0 aliphatic carbocycles.